The summed E-state index contributed by atoms with van der Waals surface area (Å²) in [5.41, 5.74) is 1.30. The number of rotatable bonds is 4. The Morgan fingerprint density at radius 1 is 1.19 bits per heavy atom. The van der Waals surface area contributed by atoms with E-state index in [-0.39, 0.29) is 19.0 Å². The Morgan fingerprint density at radius 3 is 2.76 bits per heavy atom. The van der Waals surface area contributed by atoms with Gasteiger partial charge in [-0.15, -0.1) is 0 Å². The van der Waals surface area contributed by atoms with Crippen molar-refractivity contribution in [2.75, 3.05) is 6.61 Å². The normalized spacial score (nSPS) is 9.86. The number of ether oxygens (including phenoxy) is 1. The molecule has 108 valence electrons. The van der Waals surface area contributed by atoms with Crippen LogP contribution in [-0.4, -0.2) is 11.7 Å². The number of hydrogen-bond acceptors (Lipinski definition) is 2. The van der Waals surface area contributed by atoms with Gasteiger partial charge in [0.25, 0.3) is 0 Å². The van der Waals surface area contributed by atoms with Crippen LogP contribution in [-0.2, 0) is 6.61 Å². The molecule has 0 unspecified atom stereocenters. The van der Waals surface area contributed by atoms with E-state index >= 15 is 0 Å². The highest BCUT2D eigenvalue weighted by Crippen LogP contribution is 2.22. The summed E-state index contributed by atoms with van der Waals surface area (Å²) < 4.78 is 19.0. The summed E-state index contributed by atoms with van der Waals surface area (Å²) in [5.74, 6) is 5.66. The van der Waals surface area contributed by atoms with Crippen LogP contribution in [0.5, 0.6) is 5.75 Å². The van der Waals surface area contributed by atoms with Gasteiger partial charge in [-0.25, -0.2) is 4.39 Å². The van der Waals surface area contributed by atoms with E-state index in [2.05, 4.69) is 11.8 Å². The molecule has 0 aliphatic heterocycles. The highest BCUT2D eigenvalue weighted by atomic mass is 35.5. The van der Waals surface area contributed by atoms with Gasteiger partial charge in [-0.3, -0.25) is 0 Å². The number of aliphatic hydroxyl groups is 1. The summed E-state index contributed by atoms with van der Waals surface area (Å²) in [4.78, 5) is 0. The van der Waals surface area contributed by atoms with Crippen molar-refractivity contribution < 1.29 is 14.2 Å². The van der Waals surface area contributed by atoms with Crippen molar-refractivity contribution >= 4 is 11.6 Å². The molecular formula is C17H14ClFO2. The van der Waals surface area contributed by atoms with Crippen LogP contribution < -0.4 is 4.74 Å². The molecule has 0 aliphatic rings. The summed E-state index contributed by atoms with van der Waals surface area (Å²) >= 11 is 6.06. The lowest BCUT2D eigenvalue weighted by atomic mass is 10.2. The molecule has 0 saturated heterocycles. The highest BCUT2D eigenvalue weighted by molar-refractivity contribution is 6.31. The molecule has 0 aromatic heterocycles. The van der Waals surface area contributed by atoms with E-state index < -0.39 is 0 Å². The van der Waals surface area contributed by atoms with Crippen LogP contribution in [0.4, 0.5) is 4.39 Å². The van der Waals surface area contributed by atoms with Gasteiger partial charge in [-0.05, 0) is 24.3 Å². The fraction of sp³-hybridized carbons (Fsp3) is 0.176. The Kier molecular flexibility index (Phi) is 5.62. The minimum atomic E-state index is -0.381. The fourth-order valence-corrected chi connectivity index (χ4v) is 1.90. The SMILES string of the molecule is OCCC#Cc1cc(F)ccc1OCc1ccccc1Cl. The van der Waals surface area contributed by atoms with Crippen molar-refractivity contribution in [2.45, 2.75) is 13.0 Å². The first-order chi connectivity index (χ1) is 10.2. The Labute approximate surface area is 128 Å². The molecule has 0 spiro atoms. The van der Waals surface area contributed by atoms with Gasteiger partial charge < -0.3 is 9.84 Å². The van der Waals surface area contributed by atoms with Crippen LogP contribution in [0, 0.1) is 17.7 Å². The zero-order valence-electron chi connectivity index (χ0n) is 11.3. The van der Waals surface area contributed by atoms with Gasteiger partial charge in [-0.1, -0.05) is 41.6 Å². The van der Waals surface area contributed by atoms with Crippen LogP contribution in [0.1, 0.15) is 17.5 Å². The zero-order valence-corrected chi connectivity index (χ0v) is 12.0. The van der Waals surface area contributed by atoms with Crippen LogP contribution in [0.3, 0.4) is 0 Å². The molecule has 4 heteroatoms. The van der Waals surface area contributed by atoms with Gasteiger partial charge in [0.15, 0.2) is 0 Å². The Balaban J connectivity index is 2.16. The van der Waals surface area contributed by atoms with E-state index in [9.17, 15) is 4.39 Å². The number of aliphatic hydroxyl groups excluding tert-OH is 1. The lowest BCUT2D eigenvalue weighted by Gasteiger charge is -2.09. The molecule has 21 heavy (non-hydrogen) atoms. The van der Waals surface area contributed by atoms with Gasteiger partial charge in [0, 0.05) is 17.0 Å². The van der Waals surface area contributed by atoms with Crippen LogP contribution in [0.25, 0.3) is 0 Å². The predicted octanol–water partition coefficient (Wildman–Crippen LogP) is 3.79. The van der Waals surface area contributed by atoms with E-state index in [1.807, 2.05) is 18.2 Å². The Morgan fingerprint density at radius 2 is 2.00 bits per heavy atom. The smallest absolute Gasteiger partial charge is 0.135 e. The second-order valence-electron chi connectivity index (χ2n) is 4.30. The quantitative estimate of drug-likeness (QED) is 0.871. The fourth-order valence-electron chi connectivity index (χ4n) is 1.71. The molecule has 0 amide bonds. The van der Waals surface area contributed by atoms with Gasteiger partial charge in [0.1, 0.15) is 18.2 Å². The molecule has 2 aromatic carbocycles. The molecule has 0 aliphatic carbocycles. The van der Waals surface area contributed by atoms with Gasteiger partial charge in [0.05, 0.1) is 12.2 Å². The lowest BCUT2D eigenvalue weighted by Crippen LogP contribution is -1.98. The minimum absolute atomic E-state index is 0.0296. The number of halogens is 2. The summed E-state index contributed by atoms with van der Waals surface area (Å²) in [7, 11) is 0. The monoisotopic (exact) mass is 304 g/mol. The molecule has 0 fully saturated rings. The molecule has 0 atom stereocenters. The predicted molar refractivity (Wildman–Crippen MR) is 80.8 cm³/mol. The number of benzene rings is 2. The first kappa shape index (κ1) is 15.4. The van der Waals surface area contributed by atoms with Crippen molar-refractivity contribution in [3.8, 4) is 17.6 Å². The number of hydrogen-bond donors (Lipinski definition) is 1. The highest BCUT2D eigenvalue weighted by Gasteiger charge is 2.05. The largest absolute Gasteiger partial charge is 0.488 e. The van der Waals surface area contributed by atoms with E-state index in [4.69, 9.17) is 21.4 Å². The third kappa shape index (κ3) is 4.49. The van der Waals surface area contributed by atoms with E-state index in [1.54, 1.807) is 6.07 Å². The van der Waals surface area contributed by atoms with Crippen LogP contribution in [0.2, 0.25) is 5.02 Å². The van der Waals surface area contributed by atoms with Gasteiger partial charge >= 0.3 is 0 Å². The molecule has 1 N–H and O–H groups in total. The maximum Gasteiger partial charge on any atom is 0.135 e. The Hall–Kier alpha value is -2.02. The van der Waals surface area contributed by atoms with Crippen LogP contribution in [0.15, 0.2) is 42.5 Å². The molecule has 2 aromatic rings. The topological polar surface area (TPSA) is 29.5 Å². The van der Waals surface area contributed by atoms with E-state index in [1.165, 1.54) is 18.2 Å². The summed E-state index contributed by atoms with van der Waals surface area (Å²) in [5, 5.41) is 9.35. The van der Waals surface area contributed by atoms with E-state index in [0.717, 1.165) is 5.56 Å². The van der Waals surface area contributed by atoms with Crippen molar-refractivity contribution in [3.05, 3.63) is 64.4 Å². The molecule has 2 rings (SSSR count). The molecule has 0 heterocycles. The lowest BCUT2D eigenvalue weighted by molar-refractivity contribution is 0.304. The van der Waals surface area contributed by atoms with Crippen LogP contribution >= 0.6 is 11.6 Å². The average Bonchev–Trinajstić information content (AvgIpc) is 2.48. The van der Waals surface area contributed by atoms with Crippen molar-refractivity contribution in [1.82, 2.24) is 0 Å². The second kappa shape index (κ2) is 7.68. The standard InChI is InChI=1S/C17H14ClFO2/c18-16-7-2-1-6-14(16)12-21-17-9-8-15(19)11-13(17)5-3-4-10-20/h1-2,6-9,11,20H,4,10,12H2. The van der Waals surface area contributed by atoms with E-state index in [0.29, 0.717) is 22.8 Å². The maximum atomic E-state index is 13.3. The van der Waals surface area contributed by atoms with Crippen molar-refractivity contribution in [3.63, 3.8) is 0 Å². The Bertz CT molecular complexity index is 674. The second-order valence-corrected chi connectivity index (χ2v) is 4.70. The molecular weight excluding hydrogens is 291 g/mol. The van der Waals surface area contributed by atoms with Crippen molar-refractivity contribution in [2.24, 2.45) is 0 Å². The third-order valence-corrected chi connectivity index (χ3v) is 3.11. The maximum absolute atomic E-state index is 13.3. The average molecular weight is 305 g/mol. The summed E-state index contributed by atoms with van der Waals surface area (Å²) in [6.45, 7) is 0.248. The molecule has 2 nitrogen and oxygen atoms in total. The molecule has 0 radical (unpaired) electrons. The first-order valence-electron chi connectivity index (χ1n) is 6.46. The summed E-state index contributed by atoms with van der Waals surface area (Å²) in [6, 6.07) is 11.5. The third-order valence-electron chi connectivity index (χ3n) is 2.74. The summed E-state index contributed by atoms with van der Waals surface area (Å²) in [6.07, 6.45) is 0.334. The first-order valence-corrected chi connectivity index (χ1v) is 6.84. The van der Waals surface area contributed by atoms with Gasteiger partial charge in [-0.2, -0.15) is 0 Å². The van der Waals surface area contributed by atoms with Gasteiger partial charge in [0.2, 0.25) is 0 Å². The molecule has 0 saturated carbocycles. The molecule has 0 bridgehead atoms. The van der Waals surface area contributed by atoms with Crippen molar-refractivity contribution in [1.29, 1.82) is 0 Å². The minimum Gasteiger partial charge on any atom is -0.488 e. The zero-order chi connectivity index (χ0) is 15.1.